The lowest BCUT2D eigenvalue weighted by atomic mass is 9.87. The summed E-state index contributed by atoms with van der Waals surface area (Å²) in [5.41, 5.74) is 10.2. The number of nitrogens with one attached hydrogen (secondary N) is 1. The van der Waals surface area contributed by atoms with Crippen molar-refractivity contribution in [1.82, 2.24) is 15.3 Å². The molecule has 38 heavy (non-hydrogen) atoms. The van der Waals surface area contributed by atoms with E-state index in [1.165, 1.54) is 35.3 Å². The van der Waals surface area contributed by atoms with Crippen molar-refractivity contribution in [3.63, 3.8) is 0 Å². The third-order valence-electron chi connectivity index (χ3n) is 7.81. The summed E-state index contributed by atoms with van der Waals surface area (Å²) in [7, 11) is 0. The van der Waals surface area contributed by atoms with Gasteiger partial charge in [-0.05, 0) is 104 Å². The lowest BCUT2D eigenvalue weighted by Gasteiger charge is -2.28. The SMILES string of the molecule is C=C(NC1CCCc2ccccc21)c1ccc2nc(-c3ccc(F)cc3)c(CCCC(C)C(=C)C)nc2c1. The van der Waals surface area contributed by atoms with Crippen molar-refractivity contribution in [1.29, 1.82) is 0 Å². The fraction of sp³-hybridized carbons (Fsp3) is 0.294. The quantitative estimate of drug-likeness (QED) is 0.231. The number of rotatable bonds is 9. The van der Waals surface area contributed by atoms with Gasteiger partial charge in [0.05, 0.1) is 28.5 Å². The van der Waals surface area contributed by atoms with Crippen molar-refractivity contribution >= 4 is 16.7 Å². The molecule has 5 rings (SSSR count). The summed E-state index contributed by atoms with van der Waals surface area (Å²) in [6.07, 6.45) is 6.23. The highest BCUT2D eigenvalue weighted by molar-refractivity contribution is 5.82. The molecule has 0 saturated heterocycles. The zero-order chi connectivity index (χ0) is 26.6. The molecule has 0 spiro atoms. The van der Waals surface area contributed by atoms with Gasteiger partial charge in [0.25, 0.3) is 0 Å². The molecular formula is C34H36FN3. The Morgan fingerprint density at radius 2 is 1.82 bits per heavy atom. The first kappa shape index (κ1) is 25.8. The lowest BCUT2D eigenvalue weighted by molar-refractivity contribution is 0.520. The Balaban J connectivity index is 1.44. The molecule has 1 heterocycles. The molecule has 0 aliphatic heterocycles. The van der Waals surface area contributed by atoms with Crippen LogP contribution in [0.15, 0.2) is 85.5 Å². The Morgan fingerprint density at radius 1 is 1.03 bits per heavy atom. The molecule has 194 valence electrons. The largest absolute Gasteiger partial charge is 0.378 e. The highest BCUT2D eigenvalue weighted by atomic mass is 19.1. The number of halogens is 1. The number of fused-ring (bicyclic) bond motifs is 2. The highest BCUT2D eigenvalue weighted by Gasteiger charge is 2.20. The summed E-state index contributed by atoms with van der Waals surface area (Å²) in [4.78, 5) is 10.1. The second-order valence-corrected chi connectivity index (χ2v) is 10.6. The molecule has 0 saturated carbocycles. The molecule has 3 nitrogen and oxygen atoms in total. The molecule has 1 aliphatic rings. The van der Waals surface area contributed by atoms with Crippen molar-refractivity contribution in [3.8, 4) is 11.3 Å². The minimum atomic E-state index is -0.254. The van der Waals surface area contributed by atoms with Crippen LogP contribution in [0.25, 0.3) is 28.0 Å². The van der Waals surface area contributed by atoms with Crippen LogP contribution >= 0.6 is 0 Å². The minimum absolute atomic E-state index is 0.254. The van der Waals surface area contributed by atoms with Gasteiger partial charge in [-0.25, -0.2) is 14.4 Å². The normalized spacial score (nSPS) is 15.6. The van der Waals surface area contributed by atoms with Gasteiger partial charge in [-0.15, -0.1) is 0 Å². The number of allylic oxidation sites excluding steroid dienone is 1. The Kier molecular flexibility index (Phi) is 7.69. The zero-order valence-corrected chi connectivity index (χ0v) is 22.4. The van der Waals surface area contributed by atoms with Gasteiger partial charge in [0, 0.05) is 11.3 Å². The van der Waals surface area contributed by atoms with Crippen molar-refractivity contribution < 1.29 is 4.39 Å². The summed E-state index contributed by atoms with van der Waals surface area (Å²) in [5.74, 6) is 0.208. The van der Waals surface area contributed by atoms with E-state index in [1.807, 2.05) is 6.07 Å². The number of benzene rings is 3. The molecule has 2 unspecified atom stereocenters. The number of hydrogen-bond donors (Lipinski definition) is 1. The van der Waals surface area contributed by atoms with Gasteiger partial charge in [-0.1, -0.05) is 56.0 Å². The molecule has 1 aliphatic carbocycles. The third-order valence-corrected chi connectivity index (χ3v) is 7.81. The maximum absolute atomic E-state index is 13.6. The Bertz CT molecular complexity index is 1470. The number of aromatic nitrogens is 2. The van der Waals surface area contributed by atoms with E-state index in [9.17, 15) is 4.39 Å². The van der Waals surface area contributed by atoms with Crippen LogP contribution in [-0.2, 0) is 12.8 Å². The Labute approximate surface area is 225 Å². The van der Waals surface area contributed by atoms with Crippen LogP contribution < -0.4 is 5.32 Å². The predicted molar refractivity (Wildman–Crippen MR) is 156 cm³/mol. The molecule has 4 heteroatoms. The van der Waals surface area contributed by atoms with Crippen LogP contribution in [-0.4, -0.2) is 9.97 Å². The van der Waals surface area contributed by atoms with Gasteiger partial charge in [0.2, 0.25) is 0 Å². The molecule has 1 aromatic heterocycles. The average molecular weight is 506 g/mol. The maximum Gasteiger partial charge on any atom is 0.123 e. The van der Waals surface area contributed by atoms with Crippen LogP contribution in [0.4, 0.5) is 4.39 Å². The van der Waals surface area contributed by atoms with Gasteiger partial charge >= 0.3 is 0 Å². The van der Waals surface area contributed by atoms with E-state index in [4.69, 9.17) is 9.97 Å². The van der Waals surface area contributed by atoms with Gasteiger partial charge < -0.3 is 5.32 Å². The first-order chi connectivity index (χ1) is 18.4. The fourth-order valence-corrected chi connectivity index (χ4v) is 5.31. The topological polar surface area (TPSA) is 37.8 Å². The minimum Gasteiger partial charge on any atom is -0.378 e. The molecule has 0 bridgehead atoms. The Hall–Kier alpha value is -3.79. The van der Waals surface area contributed by atoms with E-state index in [1.54, 1.807) is 12.1 Å². The number of nitrogens with zero attached hydrogens (tertiary/aromatic N) is 2. The first-order valence-electron chi connectivity index (χ1n) is 13.6. The highest BCUT2D eigenvalue weighted by Crippen LogP contribution is 2.32. The third kappa shape index (κ3) is 5.70. The lowest BCUT2D eigenvalue weighted by Crippen LogP contribution is -2.23. The van der Waals surface area contributed by atoms with Gasteiger partial charge in [0.1, 0.15) is 5.82 Å². The molecule has 1 N–H and O–H groups in total. The molecule has 4 aromatic rings. The van der Waals surface area contributed by atoms with E-state index in [0.29, 0.717) is 5.92 Å². The number of hydrogen-bond acceptors (Lipinski definition) is 3. The van der Waals surface area contributed by atoms with Crippen molar-refractivity contribution in [2.24, 2.45) is 5.92 Å². The molecule has 3 aromatic carbocycles. The first-order valence-corrected chi connectivity index (χ1v) is 13.6. The predicted octanol–water partition coefficient (Wildman–Crippen LogP) is 8.61. The van der Waals surface area contributed by atoms with Crippen molar-refractivity contribution in [3.05, 3.63) is 114 Å². The fourth-order valence-electron chi connectivity index (χ4n) is 5.31. The van der Waals surface area contributed by atoms with E-state index >= 15 is 0 Å². The van der Waals surface area contributed by atoms with Crippen LogP contribution in [0.5, 0.6) is 0 Å². The van der Waals surface area contributed by atoms with Gasteiger partial charge in [-0.2, -0.15) is 0 Å². The molecular weight excluding hydrogens is 469 g/mol. The van der Waals surface area contributed by atoms with E-state index in [0.717, 1.165) is 71.3 Å². The van der Waals surface area contributed by atoms with Crippen LogP contribution in [0.3, 0.4) is 0 Å². The van der Waals surface area contributed by atoms with Gasteiger partial charge in [0.15, 0.2) is 0 Å². The maximum atomic E-state index is 13.6. The van der Waals surface area contributed by atoms with Crippen molar-refractivity contribution in [2.75, 3.05) is 0 Å². The van der Waals surface area contributed by atoms with Crippen LogP contribution in [0.2, 0.25) is 0 Å². The molecule has 0 fully saturated rings. The molecule has 2 atom stereocenters. The average Bonchev–Trinajstić information content (AvgIpc) is 2.93. The standard InChI is InChI=1S/C34H36FN3/c1-22(2)23(3)9-7-14-32-34(26-15-18-28(35)19-16-26)38-31-20-17-27(21-33(31)37-32)24(4)36-30-13-8-11-25-10-5-6-12-29(25)30/h5-6,10,12,15-21,23,30,36H,1,4,7-9,11,13-14H2,2-3H3. The van der Waals surface area contributed by atoms with E-state index < -0.39 is 0 Å². The van der Waals surface area contributed by atoms with Crippen LogP contribution in [0.1, 0.15) is 68.0 Å². The van der Waals surface area contributed by atoms with Crippen LogP contribution in [0, 0.1) is 11.7 Å². The van der Waals surface area contributed by atoms with E-state index in [-0.39, 0.29) is 11.9 Å². The van der Waals surface area contributed by atoms with Crippen molar-refractivity contribution in [2.45, 2.75) is 58.4 Å². The Morgan fingerprint density at radius 3 is 2.61 bits per heavy atom. The number of aryl methyl sites for hydroxylation is 2. The second kappa shape index (κ2) is 11.3. The van der Waals surface area contributed by atoms with E-state index in [2.05, 4.69) is 68.7 Å². The zero-order valence-electron chi connectivity index (χ0n) is 22.4. The van der Waals surface area contributed by atoms with Gasteiger partial charge in [-0.3, -0.25) is 0 Å². The monoisotopic (exact) mass is 505 g/mol. The summed E-state index contributed by atoms with van der Waals surface area (Å²) in [6, 6.07) is 21.6. The molecule has 0 amide bonds. The summed E-state index contributed by atoms with van der Waals surface area (Å²) in [5, 5.41) is 3.68. The second-order valence-electron chi connectivity index (χ2n) is 10.6. The summed E-state index contributed by atoms with van der Waals surface area (Å²) >= 11 is 0. The smallest absolute Gasteiger partial charge is 0.123 e. The summed E-state index contributed by atoms with van der Waals surface area (Å²) < 4.78 is 13.6. The molecule has 0 radical (unpaired) electrons. The summed E-state index contributed by atoms with van der Waals surface area (Å²) in [6.45, 7) is 12.8.